The van der Waals surface area contributed by atoms with Crippen LogP contribution in [-0.2, 0) is 0 Å². The molecule has 0 saturated heterocycles. The van der Waals surface area contributed by atoms with E-state index in [1.165, 1.54) is 5.56 Å². The van der Waals surface area contributed by atoms with E-state index in [-0.39, 0.29) is 0 Å². The first-order valence-corrected chi connectivity index (χ1v) is 6.41. The van der Waals surface area contributed by atoms with Crippen molar-refractivity contribution in [2.24, 2.45) is 0 Å². The first-order valence-electron chi connectivity index (χ1n) is 6.41. The summed E-state index contributed by atoms with van der Waals surface area (Å²) in [6.07, 6.45) is 0. The third kappa shape index (κ3) is 4.27. The molecule has 0 aliphatic carbocycles. The highest BCUT2D eigenvalue weighted by Crippen LogP contribution is 2.20. The molecule has 0 bridgehead atoms. The summed E-state index contributed by atoms with van der Waals surface area (Å²) < 4.78 is 0. The lowest BCUT2D eigenvalue weighted by molar-refractivity contribution is 0.295. The van der Waals surface area contributed by atoms with Gasteiger partial charge in [-0.2, -0.15) is 0 Å². The van der Waals surface area contributed by atoms with Gasteiger partial charge in [0.1, 0.15) is 0 Å². The molecule has 3 N–H and O–H groups in total. The van der Waals surface area contributed by atoms with Gasteiger partial charge in [-0.1, -0.05) is 19.9 Å². The number of rotatable bonds is 6. The number of nitrogens with zero attached hydrogens (tertiary/aromatic N) is 1. The molecule has 17 heavy (non-hydrogen) atoms. The van der Waals surface area contributed by atoms with E-state index < -0.39 is 0 Å². The second kappa shape index (κ2) is 6.50. The van der Waals surface area contributed by atoms with Gasteiger partial charge in [-0.15, -0.1) is 0 Å². The Morgan fingerprint density at radius 2 is 1.94 bits per heavy atom. The van der Waals surface area contributed by atoms with Gasteiger partial charge in [-0.25, -0.2) is 0 Å². The molecule has 0 aliphatic heterocycles. The summed E-state index contributed by atoms with van der Waals surface area (Å²) in [5.41, 5.74) is 9.06. The summed E-state index contributed by atoms with van der Waals surface area (Å²) in [4.78, 5) is 2.40. The lowest BCUT2D eigenvalue weighted by Gasteiger charge is -2.24. The molecule has 1 aromatic carbocycles. The van der Waals surface area contributed by atoms with Crippen LogP contribution in [0.3, 0.4) is 0 Å². The first-order chi connectivity index (χ1) is 8.06. The van der Waals surface area contributed by atoms with Gasteiger partial charge < -0.3 is 16.0 Å². The normalized spacial score (nSPS) is 12.8. The van der Waals surface area contributed by atoms with Gasteiger partial charge in [-0.05, 0) is 44.6 Å². The third-order valence-electron chi connectivity index (χ3n) is 3.04. The number of benzene rings is 1. The Kier molecular flexibility index (Phi) is 5.29. The Balaban J connectivity index is 2.58. The third-order valence-corrected chi connectivity index (χ3v) is 3.04. The highest BCUT2D eigenvalue weighted by atomic mass is 15.1. The molecule has 0 fully saturated rings. The predicted octanol–water partition coefficient (Wildman–Crippen LogP) is 2.72. The minimum absolute atomic E-state index is 0.403. The molecule has 0 heterocycles. The van der Waals surface area contributed by atoms with Crippen molar-refractivity contribution in [3.63, 3.8) is 0 Å². The van der Waals surface area contributed by atoms with Crippen LogP contribution < -0.4 is 11.1 Å². The van der Waals surface area contributed by atoms with Crippen molar-refractivity contribution < 1.29 is 0 Å². The number of likely N-dealkylation sites (N-methyl/N-ethyl adjacent to an activating group) is 1. The first kappa shape index (κ1) is 13.8. The van der Waals surface area contributed by atoms with Crippen LogP contribution in [0, 0.1) is 6.92 Å². The van der Waals surface area contributed by atoms with E-state index in [4.69, 9.17) is 5.73 Å². The molecule has 0 aromatic heterocycles. The number of hydrogen-bond acceptors (Lipinski definition) is 3. The molecule has 96 valence electrons. The van der Waals surface area contributed by atoms with E-state index in [1.807, 2.05) is 6.07 Å². The second-order valence-electron chi connectivity index (χ2n) is 4.62. The van der Waals surface area contributed by atoms with Gasteiger partial charge in [0.15, 0.2) is 0 Å². The van der Waals surface area contributed by atoms with Crippen molar-refractivity contribution >= 4 is 11.4 Å². The molecule has 0 aliphatic rings. The maximum Gasteiger partial charge on any atom is 0.0576 e. The maximum absolute atomic E-state index is 5.99. The average Bonchev–Trinajstić information content (AvgIpc) is 2.29. The minimum Gasteiger partial charge on any atom is -0.397 e. The number of aryl methyl sites for hydroxylation is 1. The van der Waals surface area contributed by atoms with Crippen LogP contribution in [-0.4, -0.2) is 30.6 Å². The van der Waals surface area contributed by atoms with Crippen molar-refractivity contribution in [1.29, 1.82) is 0 Å². The topological polar surface area (TPSA) is 41.3 Å². The van der Waals surface area contributed by atoms with Gasteiger partial charge in [0.25, 0.3) is 0 Å². The Morgan fingerprint density at radius 3 is 2.47 bits per heavy atom. The van der Waals surface area contributed by atoms with Gasteiger partial charge in [0, 0.05) is 12.6 Å². The van der Waals surface area contributed by atoms with Crippen molar-refractivity contribution in [1.82, 2.24) is 4.90 Å². The standard InChI is InChI=1S/C14H25N3/c1-5-17(6-2)10-12(4)16-14-8-7-11(3)9-13(14)15/h7-9,12,16H,5-6,10,15H2,1-4H3. The molecule has 3 heteroatoms. The Bertz CT molecular complexity index is 345. The predicted molar refractivity (Wildman–Crippen MR) is 76.5 cm³/mol. The van der Waals surface area contributed by atoms with E-state index in [0.717, 1.165) is 31.0 Å². The van der Waals surface area contributed by atoms with Crippen LogP contribution >= 0.6 is 0 Å². The fourth-order valence-corrected chi connectivity index (χ4v) is 1.99. The fraction of sp³-hybridized carbons (Fsp3) is 0.571. The van der Waals surface area contributed by atoms with E-state index in [2.05, 4.69) is 50.0 Å². The largest absolute Gasteiger partial charge is 0.397 e. The molecule has 1 unspecified atom stereocenters. The summed E-state index contributed by atoms with van der Waals surface area (Å²) >= 11 is 0. The van der Waals surface area contributed by atoms with E-state index in [9.17, 15) is 0 Å². The van der Waals surface area contributed by atoms with Crippen molar-refractivity contribution in [3.05, 3.63) is 23.8 Å². The second-order valence-corrected chi connectivity index (χ2v) is 4.62. The molecule has 0 amide bonds. The van der Waals surface area contributed by atoms with Gasteiger partial charge in [-0.3, -0.25) is 0 Å². The Morgan fingerprint density at radius 1 is 1.29 bits per heavy atom. The highest BCUT2D eigenvalue weighted by Gasteiger charge is 2.08. The summed E-state index contributed by atoms with van der Waals surface area (Å²) in [5, 5.41) is 3.47. The van der Waals surface area contributed by atoms with Crippen LogP contribution in [0.2, 0.25) is 0 Å². The molecule has 0 radical (unpaired) electrons. The zero-order chi connectivity index (χ0) is 12.8. The molecule has 1 rings (SSSR count). The minimum atomic E-state index is 0.403. The zero-order valence-electron chi connectivity index (χ0n) is 11.5. The van der Waals surface area contributed by atoms with Crippen molar-refractivity contribution in [2.45, 2.75) is 33.7 Å². The molecule has 0 spiro atoms. The van der Waals surface area contributed by atoms with Crippen molar-refractivity contribution in [2.75, 3.05) is 30.7 Å². The Labute approximate surface area is 105 Å². The molecule has 3 nitrogen and oxygen atoms in total. The number of hydrogen-bond donors (Lipinski definition) is 2. The molecular formula is C14H25N3. The summed E-state index contributed by atoms with van der Waals surface area (Å²) in [7, 11) is 0. The molecular weight excluding hydrogens is 210 g/mol. The van der Waals surface area contributed by atoms with Crippen molar-refractivity contribution in [3.8, 4) is 0 Å². The van der Waals surface area contributed by atoms with Gasteiger partial charge in [0.2, 0.25) is 0 Å². The smallest absolute Gasteiger partial charge is 0.0576 e. The van der Waals surface area contributed by atoms with E-state index >= 15 is 0 Å². The number of nitrogen functional groups attached to an aromatic ring is 1. The van der Waals surface area contributed by atoms with Gasteiger partial charge >= 0.3 is 0 Å². The number of anilines is 2. The molecule has 1 aromatic rings. The monoisotopic (exact) mass is 235 g/mol. The number of nitrogens with two attached hydrogens (primary N) is 1. The van der Waals surface area contributed by atoms with E-state index in [0.29, 0.717) is 6.04 Å². The highest BCUT2D eigenvalue weighted by molar-refractivity contribution is 5.67. The average molecular weight is 235 g/mol. The lowest BCUT2D eigenvalue weighted by Crippen LogP contribution is -2.34. The Hall–Kier alpha value is -1.22. The number of nitrogens with one attached hydrogen (secondary N) is 1. The SMILES string of the molecule is CCN(CC)CC(C)Nc1ccc(C)cc1N. The van der Waals surface area contributed by atoms with Crippen LogP contribution in [0.15, 0.2) is 18.2 Å². The van der Waals surface area contributed by atoms with Crippen LogP contribution in [0.4, 0.5) is 11.4 Å². The van der Waals surface area contributed by atoms with Gasteiger partial charge in [0.05, 0.1) is 11.4 Å². The van der Waals surface area contributed by atoms with Crippen LogP contribution in [0.25, 0.3) is 0 Å². The molecule has 0 saturated carbocycles. The van der Waals surface area contributed by atoms with Crippen LogP contribution in [0.1, 0.15) is 26.3 Å². The summed E-state index contributed by atoms with van der Waals surface area (Å²) in [6, 6.07) is 6.55. The summed E-state index contributed by atoms with van der Waals surface area (Å²) in [6.45, 7) is 11.8. The lowest BCUT2D eigenvalue weighted by atomic mass is 10.2. The zero-order valence-corrected chi connectivity index (χ0v) is 11.5. The fourth-order valence-electron chi connectivity index (χ4n) is 1.99. The quantitative estimate of drug-likeness (QED) is 0.745. The molecule has 1 atom stereocenters. The van der Waals surface area contributed by atoms with Crippen LogP contribution in [0.5, 0.6) is 0 Å². The summed E-state index contributed by atoms with van der Waals surface area (Å²) in [5.74, 6) is 0. The maximum atomic E-state index is 5.99. The van der Waals surface area contributed by atoms with E-state index in [1.54, 1.807) is 0 Å².